The third-order valence-corrected chi connectivity index (χ3v) is 6.04. The minimum Gasteiger partial charge on any atom is -0.343 e. The van der Waals surface area contributed by atoms with Crippen molar-refractivity contribution in [1.29, 1.82) is 0 Å². The van der Waals surface area contributed by atoms with Crippen LogP contribution in [0.1, 0.15) is 41.1 Å². The molecule has 30 heavy (non-hydrogen) atoms. The lowest BCUT2D eigenvalue weighted by molar-refractivity contribution is -0.130. The van der Waals surface area contributed by atoms with Crippen molar-refractivity contribution >= 4 is 22.6 Å². The van der Waals surface area contributed by atoms with E-state index in [0.717, 1.165) is 48.1 Å². The van der Waals surface area contributed by atoms with Gasteiger partial charge in [0, 0.05) is 44.1 Å². The molecule has 0 N–H and O–H groups in total. The SMILES string of the molecule is O=C(CCc1nnn2c1CN(C(=O)c1nccc3ccccc13)CC2)N1CCCC1. The van der Waals surface area contributed by atoms with E-state index in [1.165, 1.54) is 0 Å². The molecule has 4 heterocycles. The lowest BCUT2D eigenvalue weighted by Crippen LogP contribution is -2.39. The summed E-state index contributed by atoms with van der Waals surface area (Å²) >= 11 is 0. The van der Waals surface area contributed by atoms with Crippen molar-refractivity contribution in [2.24, 2.45) is 0 Å². The molecule has 2 amide bonds. The van der Waals surface area contributed by atoms with Gasteiger partial charge in [-0.2, -0.15) is 0 Å². The first-order valence-corrected chi connectivity index (χ1v) is 10.5. The molecule has 0 spiro atoms. The second-order valence-corrected chi connectivity index (χ2v) is 7.90. The van der Waals surface area contributed by atoms with E-state index in [4.69, 9.17) is 0 Å². The van der Waals surface area contributed by atoms with Gasteiger partial charge in [0.05, 0.1) is 24.5 Å². The molecule has 0 atom stereocenters. The van der Waals surface area contributed by atoms with E-state index in [0.29, 0.717) is 38.2 Å². The summed E-state index contributed by atoms with van der Waals surface area (Å²) < 4.78 is 1.86. The molecule has 1 saturated heterocycles. The second kappa shape index (κ2) is 7.85. The van der Waals surface area contributed by atoms with E-state index < -0.39 is 0 Å². The zero-order valence-electron chi connectivity index (χ0n) is 16.8. The summed E-state index contributed by atoms with van der Waals surface area (Å²) in [6.07, 6.45) is 4.85. The molecule has 2 aliphatic heterocycles. The van der Waals surface area contributed by atoms with Gasteiger partial charge in [-0.25, -0.2) is 4.68 Å². The van der Waals surface area contributed by atoms with Crippen LogP contribution in [0.4, 0.5) is 0 Å². The van der Waals surface area contributed by atoms with Crippen LogP contribution in [0.3, 0.4) is 0 Å². The number of hydrogen-bond donors (Lipinski definition) is 0. The minimum atomic E-state index is -0.0849. The smallest absolute Gasteiger partial charge is 0.273 e. The summed E-state index contributed by atoms with van der Waals surface area (Å²) in [4.78, 5) is 33.7. The summed E-state index contributed by atoms with van der Waals surface area (Å²) in [7, 11) is 0. The average Bonchev–Trinajstić information content (AvgIpc) is 3.46. The fraction of sp³-hybridized carbons (Fsp3) is 0.409. The third-order valence-electron chi connectivity index (χ3n) is 6.04. The van der Waals surface area contributed by atoms with E-state index in [1.54, 1.807) is 11.1 Å². The van der Waals surface area contributed by atoms with Gasteiger partial charge < -0.3 is 9.80 Å². The Kier molecular flexibility index (Phi) is 4.90. The molecule has 1 fully saturated rings. The largest absolute Gasteiger partial charge is 0.343 e. The lowest BCUT2D eigenvalue weighted by Gasteiger charge is -2.28. The van der Waals surface area contributed by atoms with Gasteiger partial charge in [0.15, 0.2) is 0 Å². The molecule has 8 nitrogen and oxygen atoms in total. The van der Waals surface area contributed by atoms with Crippen molar-refractivity contribution in [1.82, 2.24) is 29.8 Å². The van der Waals surface area contributed by atoms with Crippen LogP contribution in [0.15, 0.2) is 36.5 Å². The monoisotopic (exact) mass is 404 g/mol. The maximum Gasteiger partial charge on any atom is 0.273 e. The first kappa shape index (κ1) is 18.7. The Morgan fingerprint density at radius 3 is 2.67 bits per heavy atom. The number of amides is 2. The van der Waals surface area contributed by atoms with Gasteiger partial charge in [-0.3, -0.25) is 14.6 Å². The van der Waals surface area contributed by atoms with Crippen molar-refractivity contribution in [2.45, 2.75) is 38.8 Å². The Balaban J connectivity index is 1.32. The molecule has 154 valence electrons. The normalized spacial score (nSPS) is 16.1. The highest BCUT2D eigenvalue weighted by Crippen LogP contribution is 2.22. The van der Waals surface area contributed by atoms with Gasteiger partial charge in [0.2, 0.25) is 5.91 Å². The minimum absolute atomic E-state index is 0.0849. The van der Waals surface area contributed by atoms with E-state index in [-0.39, 0.29) is 11.8 Å². The van der Waals surface area contributed by atoms with Gasteiger partial charge in [-0.05, 0) is 24.3 Å². The van der Waals surface area contributed by atoms with Crippen molar-refractivity contribution in [2.75, 3.05) is 19.6 Å². The van der Waals surface area contributed by atoms with E-state index in [2.05, 4.69) is 15.3 Å². The van der Waals surface area contributed by atoms with Crippen molar-refractivity contribution < 1.29 is 9.59 Å². The number of rotatable bonds is 4. The number of aryl methyl sites for hydroxylation is 1. The maximum atomic E-state index is 13.2. The molecule has 5 rings (SSSR count). The number of aromatic nitrogens is 4. The first-order chi connectivity index (χ1) is 14.7. The maximum absolute atomic E-state index is 13.2. The second-order valence-electron chi connectivity index (χ2n) is 7.90. The molecular formula is C22H24N6O2. The molecule has 0 unspecified atom stereocenters. The van der Waals surface area contributed by atoms with Gasteiger partial charge >= 0.3 is 0 Å². The van der Waals surface area contributed by atoms with Gasteiger partial charge in [-0.1, -0.05) is 29.5 Å². The standard InChI is InChI=1S/C22H24N6O2/c29-20(26-11-3-4-12-26)8-7-18-19-15-27(13-14-28(19)25-24-18)22(30)21-17-6-2-1-5-16(17)9-10-23-21/h1-2,5-6,9-10H,3-4,7-8,11-15H2. The Labute approximate surface area is 174 Å². The summed E-state index contributed by atoms with van der Waals surface area (Å²) in [5.74, 6) is 0.0938. The van der Waals surface area contributed by atoms with Crippen LogP contribution in [-0.4, -0.2) is 61.2 Å². The molecular weight excluding hydrogens is 380 g/mol. The summed E-state index contributed by atoms with van der Waals surface area (Å²) in [5, 5.41) is 10.4. The highest BCUT2D eigenvalue weighted by Gasteiger charge is 2.28. The van der Waals surface area contributed by atoms with Crippen LogP contribution in [0, 0.1) is 0 Å². The van der Waals surface area contributed by atoms with Crippen molar-refractivity contribution in [3.8, 4) is 0 Å². The Morgan fingerprint density at radius 1 is 0.967 bits per heavy atom. The van der Waals surface area contributed by atoms with Crippen LogP contribution in [0.25, 0.3) is 10.8 Å². The van der Waals surface area contributed by atoms with Crippen molar-refractivity contribution in [3.63, 3.8) is 0 Å². The molecule has 2 aliphatic rings. The van der Waals surface area contributed by atoms with Crippen LogP contribution >= 0.6 is 0 Å². The average molecular weight is 404 g/mol. The number of carbonyl (C=O) groups excluding carboxylic acids is 2. The number of benzene rings is 1. The molecule has 0 aliphatic carbocycles. The number of likely N-dealkylation sites (tertiary alicyclic amines) is 1. The number of hydrogen-bond acceptors (Lipinski definition) is 5. The number of nitrogens with zero attached hydrogens (tertiary/aromatic N) is 6. The zero-order valence-corrected chi connectivity index (χ0v) is 16.8. The quantitative estimate of drug-likeness (QED) is 0.664. The Bertz CT molecular complexity index is 1100. The summed E-state index contributed by atoms with van der Waals surface area (Å²) in [5.41, 5.74) is 2.20. The molecule has 0 radical (unpaired) electrons. The highest BCUT2D eigenvalue weighted by atomic mass is 16.2. The van der Waals surface area contributed by atoms with E-state index >= 15 is 0 Å². The van der Waals surface area contributed by atoms with Crippen LogP contribution in [0.2, 0.25) is 0 Å². The molecule has 0 bridgehead atoms. The predicted octanol–water partition coefficient (Wildman–Crippen LogP) is 2.04. The molecule has 8 heteroatoms. The Hall–Kier alpha value is -3.29. The lowest BCUT2D eigenvalue weighted by atomic mass is 10.1. The van der Waals surface area contributed by atoms with Crippen LogP contribution in [-0.2, 0) is 24.3 Å². The third kappa shape index (κ3) is 3.42. The van der Waals surface area contributed by atoms with Gasteiger partial charge in [0.1, 0.15) is 5.69 Å². The molecule has 2 aromatic heterocycles. The van der Waals surface area contributed by atoms with Gasteiger partial charge in [0.25, 0.3) is 5.91 Å². The molecule has 0 saturated carbocycles. The summed E-state index contributed by atoms with van der Waals surface area (Å²) in [6, 6.07) is 9.71. The van der Waals surface area contributed by atoms with Gasteiger partial charge in [-0.15, -0.1) is 5.10 Å². The topological polar surface area (TPSA) is 84.2 Å². The number of carbonyl (C=O) groups is 2. The number of pyridine rings is 1. The van der Waals surface area contributed by atoms with E-state index in [1.807, 2.05) is 39.9 Å². The molecule has 1 aromatic carbocycles. The highest BCUT2D eigenvalue weighted by molar-refractivity contribution is 6.05. The Morgan fingerprint density at radius 2 is 1.80 bits per heavy atom. The molecule has 3 aromatic rings. The van der Waals surface area contributed by atoms with Crippen molar-refractivity contribution in [3.05, 3.63) is 53.6 Å². The fourth-order valence-corrected chi connectivity index (χ4v) is 4.35. The zero-order chi connectivity index (χ0) is 20.5. The first-order valence-electron chi connectivity index (χ1n) is 10.5. The van der Waals surface area contributed by atoms with Crippen LogP contribution in [0.5, 0.6) is 0 Å². The van der Waals surface area contributed by atoms with E-state index in [9.17, 15) is 9.59 Å². The fourth-order valence-electron chi connectivity index (χ4n) is 4.35. The predicted molar refractivity (Wildman–Crippen MR) is 111 cm³/mol. The number of fused-ring (bicyclic) bond motifs is 2. The summed E-state index contributed by atoms with van der Waals surface area (Å²) in [6.45, 7) is 3.31. The van der Waals surface area contributed by atoms with Crippen LogP contribution < -0.4 is 0 Å².